The van der Waals surface area contributed by atoms with Crippen molar-refractivity contribution < 1.29 is 18.8 Å². The van der Waals surface area contributed by atoms with Crippen LogP contribution in [-0.4, -0.2) is 23.9 Å². The van der Waals surface area contributed by atoms with Crippen molar-refractivity contribution in [2.24, 2.45) is 5.16 Å². The van der Waals surface area contributed by atoms with E-state index < -0.39 is 11.4 Å². The zero-order chi connectivity index (χ0) is 24.5. The van der Waals surface area contributed by atoms with Crippen LogP contribution in [0.1, 0.15) is 70.3 Å². The molecule has 34 heavy (non-hydrogen) atoms. The van der Waals surface area contributed by atoms with Crippen molar-refractivity contribution in [2.75, 3.05) is 6.54 Å². The summed E-state index contributed by atoms with van der Waals surface area (Å²) in [6, 6.07) is 3.01. The van der Waals surface area contributed by atoms with Crippen molar-refractivity contribution in [1.29, 1.82) is 0 Å². The molecule has 0 saturated carbocycles. The lowest BCUT2D eigenvalue weighted by Gasteiger charge is -2.22. The number of benzene rings is 1. The van der Waals surface area contributed by atoms with E-state index in [2.05, 4.69) is 16.4 Å². The summed E-state index contributed by atoms with van der Waals surface area (Å²) < 4.78 is 13.9. The molecular weight excluding hydrogens is 498 g/mol. The van der Waals surface area contributed by atoms with Gasteiger partial charge in [0.25, 0.3) is 0 Å². The Morgan fingerprint density at radius 2 is 1.91 bits per heavy atom. The summed E-state index contributed by atoms with van der Waals surface area (Å²) in [5.74, 6) is 1.39. The fraction of sp³-hybridized carbons (Fsp3) is 0.400. The molecule has 5 nitrogen and oxygen atoms in total. The van der Waals surface area contributed by atoms with E-state index in [1.165, 1.54) is 23.5 Å². The highest BCUT2D eigenvalue weighted by atomic mass is 35.5. The van der Waals surface area contributed by atoms with Crippen molar-refractivity contribution in [1.82, 2.24) is 5.32 Å². The molecule has 0 saturated heterocycles. The van der Waals surface area contributed by atoms with Gasteiger partial charge in [-0.2, -0.15) is 0 Å². The molecule has 2 aromatic rings. The van der Waals surface area contributed by atoms with Gasteiger partial charge in [-0.15, -0.1) is 17.8 Å². The number of amides is 1. The van der Waals surface area contributed by atoms with Gasteiger partial charge < -0.3 is 10.2 Å². The van der Waals surface area contributed by atoms with Gasteiger partial charge in [-0.05, 0) is 55.9 Å². The van der Waals surface area contributed by atoms with Crippen LogP contribution in [0.4, 0.5) is 4.39 Å². The van der Waals surface area contributed by atoms with Gasteiger partial charge in [0.15, 0.2) is 17.2 Å². The third-order valence-corrected chi connectivity index (χ3v) is 8.07. The number of Topliss-reactive ketones (excluding diaryl/α,β-unsaturated/α-hetero) is 1. The van der Waals surface area contributed by atoms with Crippen LogP contribution in [0.25, 0.3) is 0 Å². The van der Waals surface area contributed by atoms with E-state index in [9.17, 15) is 14.0 Å². The van der Waals surface area contributed by atoms with Gasteiger partial charge in [-0.25, -0.2) is 4.39 Å². The maximum absolute atomic E-state index is 13.9. The topological polar surface area (TPSA) is 67.8 Å². The molecule has 1 aliphatic carbocycles. The minimum atomic E-state index is -0.860. The number of thiophene rings is 1. The van der Waals surface area contributed by atoms with Gasteiger partial charge in [-0.1, -0.05) is 34.3 Å². The maximum Gasteiger partial charge on any atom is 0.221 e. The number of terminal acetylenes is 1. The first-order valence-corrected chi connectivity index (χ1v) is 12.6. The molecule has 9 heteroatoms. The summed E-state index contributed by atoms with van der Waals surface area (Å²) in [5, 5.41) is 6.79. The number of fused-ring (bicyclic) bond motifs is 1. The molecule has 4 rings (SSSR count). The Hall–Kier alpha value is -2.40. The van der Waals surface area contributed by atoms with Crippen LogP contribution in [0.3, 0.4) is 0 Å². The third kappa shape index (κ3) is 4.86. The molecule has 1 aliphatic heterocycles. The lowest BCUT2D eigenvalue weighted by Crippen LogP contribution is -2.23. The van der Waals surface area contributed by atoms with Gasteiger partial charge >= 0.3 is 0 Å². The highest BCUT2D eigenvalue weighted by Crippen LogP contribution is 2.43. The normalized spacial score (nSPS) is 19.1. The SMILES string of the molecule is C#CCNC(=O)CCC(=O)c1sc(C2=NOC(C)(c3cc(Cl)c(F)c(Cl)c3)C2)c2c1CCCC2. The average molecular weight is 521 g/mol. The number of rotatable bonds is 7. The molecule has 1 atom stereocenters. The Bertz CT molecular complexity index is 1210. The van der Waals surface area contributed by atoms with Gasteiger partial charge in [0, 0.05) is 24.8 Å². The fourth-order valence-corrected chi connectivity index (χ4v) is 6.18. The third-order valence-electron chi connectivity index (χ3n) is 6.16. The zero-order valence-corrected chi connectivity index (χ0v) is 20.9. The Morgan fingerprint density at radius 3 is 2.59 bits per heavy atom. The summed E-state index contributed by atoms with van der Waals surface area (Å²) in [5.41, 5.74) is 2.71. The first kappa shape index (κ1) is 24.7. The molecule has 1 amide bonds. The predicted octanol–water partition coefficient (Wildman–Crippen LogP) is 5.82. The number of carbonyl (C=O) groups excluding carboxylic acids is 2. The van der Waals surface area contributed by atoms with Gasteiger partial charge in [0.1, 0.15) is 5.71 Å². The van der Waals surface area contributed by atoms with Crippen LogP contribution in [0.15, 0.2) is 17.3 Å². The predicted molar refractivity (Wildman–Crippen MR) is 132 cm³/mol. The number of oxime groups is 1. The van der Waals surface area contributed by atoms with Gasteiger partial charge in [-0.3, -0.25) is 9.59 Å². The van der Waals surface area contributed by atoms with Crippen LogP contribution < -0.4 is 5.32 Å². The van der Waals surface area contributed by atoms with Crippen LogP contribution in [0.5, 0.6) is 0 Å². The van der Waals surface area contributed by atoms with Crippen molar-refractivity contribution in [3.05, 3.63) is 54.4 Å². The Labute approximate surface area is 211 Å². The van der Waals surface area contributed by atoms with Gasteiger partial charge in [0.2, 0.25) is 5.91 Å². The van der Waals surface area contributed by atoms with Crippen molar-refractivity contribution in [3.8, 4) is 12.3 Å². The van der Waals surface area contributed by atoms with E-state index in [0.717, 1.165) is 47.4 Å². The Balaban J connectivity index is 1.57. The zero-order valence-electron chi connectivity index (χ0n) is 18.6. The Kier molecular flexibility index (Phi) is 7.32. The largest absolute Gasteiger partial charge is 0.384 e. The molecule has 0 bridgehead atoms. The molecule has 0 radical (unpaired) electrons. The van der Waals surface area contributed by atoms with Crippen LogP contribution in [0, 0.1) is 18.2 Å². The van der Waals surface area contributed by atoms with E-state index in [4.69, 9.17) is 34.5 Å². The molecule has 0 fully saturated rings. The second-order valence-electron chi connectivity index (χ2n) is 8.62. The second-order valence-corrected chi connectivity index (χ2v) is 10.5. The molecule has 1 N–H and O–H groups in total. The van der Waals surface area contributed by atoms with Crippen molar-refractivity contribution >= 4 is 51.9 Å². The summed E-state index contributed by atoms with van der Waals surface area (Å²) in [6.07, 6.45) is 9.54. The number of carbonyl (C=O) groups is 2. The number of halogens is 3. The van der Waals surface area contributed by atoms with Crippen LogP contribution in [-0.2, 0) is 28.1 Å². The maximum atomic E-state index is 13.9. The lowest BCUT2D eigenvalue weighted by molar-refractivity contribution is -0.120. The number of ketones is 1. The molecule has 2 aliphatic rings. The molecule has 1 unspecified atom stereocenters. The van der Waals surface area contributed by atoms with Gasteiger partial charge in [0.05, 0.1) is 26.3 Å². The van der Waals surface area contributed by atoms with E-state index in [0.29, 0.717) is 16.9 Å². The summed E-state index contributed by atoms with van der Waals surface area (Å²) >= 11 is 13.4. The smallest absolute Gasteiger partial charge is 0.221 e. The van der Waals surface area contributed by atoms with E-state index in [1.54, 1.807) is 0 Å². The van der Waals surface area contributed by atoms with Crippen molar-refractivity contribution in [2.45, 2.75) is 57.5 Å². The summed E-state index contributed by atoms with van der Waals surface area (Å²) in [7, 11) is 0. The monoisotopic (exact) mass is 520 g/mol. The molecular formula is C25H23Cl2FN2O3S. The Morgan fingerprint density at radius 1 is 1.24 bits per heavy atom. The first-order valence-electron chi connectivity index (χ1n) is 11.0. The minimum Gasteiger partial charge on any atom is -0.384 e. The number of hydrogen-bond donors (Lipinski definition) is 1. The molecule has 2 heterocycles. The fourth-order valence-electron chi connectivity index (χ4n) is 4.35. The molecule has 1 aromatic heterocycles. The summed E-state index contributed by atoms with van der Waals surface area (Å²) in [6.45, 7) is 2.00. The number of hydrogen-bond acceptors (Lipinski definition) is 5. The number of nitrogens with zero attached hydrogens (tertiary/aromatic N) is 1. The first-order chi connectivity index (χ1) is 16.2. The molecule has 0 spiro atoms. The van der Waals surface area contributed by atoms with E-state index >= 15 is 0 Å². The highest BCUT2D eigenvalue weighted by Gasteiger charge is 2.40. The summed E-state index contributed by atoms with van der Waals surface area (Å²) in [4.78, 5) is 32.4. The van der Waals surface area contributed by atoms with E-state index in [-0.39, 0.29) is 41.1 Å². The molecule has 178 valence electrons. The van der Waals surface area contributed by atoms with E-state index in [1.807, 2.05) is 6.92 Å². The van der Waals surface area contributed by atoms with Crippen LogP contribution >= 0.6 is 34.5 Å². The average Bonchev–Trinajstić information content (AvgIpc) is 3.41. The minimum absolute atomic E-state index is 0.0513. The lowest BCUT2D eigenvalue weighted by atomic mass is 9.87. The number of nitrogens with one attached hydrogen (secondary N) is 1. The highest BCUT2D eigenvalue weighted by molar-refractivity contribution is 7.16. The van der Waals surface area contributed by atoms with Crippen LogP contribution in [0.2, 0.25) is 10.0 Å². The second kappa shape index (κ2) is 10.1. The standard InChI is InChI=1S/C25H23Cl2FN2O3S/c1-3-10-29-21(32)9-8-20(31)24-16-7-5-4-6-15(16)23(34-24)19-13-25(2,33-30-19)14-11-17(26)22(28)18(27)12-14/h1,11-12H,4-10,13H2,2H3,(H,29,32). The molecule has 1 aromatic carbocycles. The van der Waals surface area contributed by atoms with Crippen molar-refractivity contribution in [3.63, 3.8) is 0 Å². The quantitative estimate of drug-likeness (QED) is 0.284.